The molecule has 38 heavy (non-hydrogen) atoms. The van der Waals surface area contributed by atoms with Gasteiger partial charge in [-0.25, -0.2) is 8.42 Å². The highest BCUT2D eigenvalue weighted by Gasteiger charge is 2.34. The van der Waals surface area contributed by atoms with E-state index in [-0.39, 0.29) is 16.5 Å². The zero-order valence-electron chi connectivity index (χ0n) is 20.4. The number of rotatable bonds is 9. The van der Waals surface area contributed by atoms with E-state index in [0.29, 0.717) is 10.4 Å². The van der Waals surface area contributed by atoms with Gasteiger partial charge in [0.15, 0.2) is 0 Å². The molecule has 0 saturated carbocycles. The first-order chi connectivity index (χ1) is 18.0. The molecule has 0 unspecified atom stereocenters. The second-order valence-electron chi connectivity index (χ2n) is 9.07. The van der Waals surface area contributed by atoms with Crippen LogP contribution in [0.3, 0.4) is 0 Å². The number of hydrogen-bond donors (Lipinski definition) is 1. The van der Waals surface area contributed by atoms with Gasteiger partial charge >= 0.3 is 6.18 Å². The van der Waals surface area contributed by atoms with Crippen LogP contribution in [-0.2, 0) is 34.1 Å². The fourth-order valence-corrected chi connectivity index (χ4v) is 5.97. The molecule has 1 N–H and O–H groups in total. The molecule has 0 radical (unpaired) electrons. The zero-order chi connectivity index (χ0) is 27.3. The van der Waals surface area contributed by atoms with E-state index >= 15 is 0 Å². The quantitative estimate of drug-likeness (QED) is 0.374. The summed E-state index contributed by atoms with van der Waals surface area (Å²) in [5.41, 5.74) is 0.436. The van der Waals surface area contributed by atoms with Gasteiger partial charge in [0, 0.05) is 13.1 Å². The van der Waals surface area contributed by atoms with Crippen LogP contribution in [0.5, 0.6) is 0 Å². The average Bonchev–Trinajstić information content (AvgIpc) is 3.40. The average molecular weight is 566 g/mol. The van der Waals surface area contributed by atoms with E-state index in [1.54, 1.807) is 6.07 Å². The number of sulfonamides is 1. The molecular formula is C27H27ClF3N3O3S. The maximum atomic E-state index is 13.4. The fraction of sp³-hybridized carbons (Fsp3) is 0.296. The molecule has 3 aromatic rings. The number of amides is 1. The molecule has 4 rings (SSSR count). The summed E-state index contributed by atoms with van der Waals surface area (Å²) in [6.07, 6.45) is -2.33. The van der Waals surface area contributed by atoms with Crippen molar-refractivity contribution >= 4 is 33.2 Å². The topological polar surface area (TPSA) is 69.7 Å². The number of carbonyl (C=O) groups excluding carboxylic acids is 1. The van der Waals surface area contributed by atoms with Crippen molar-refractivity contribution in [2.75, 3.05) is 23.9 Å². The van der Waals surface area contributed by atoms with Gasteiger partial charge in [-0.05, 0) is 67.4 Å². The minimum Gasteiger partial charge on any atom is -0.350 e. The van der Waals surface area contributed by atoms with Crippen molar-refractivity contribution in [3.63, 3.8) is 0 Å². The van der Waals surface area contributed by atoms with Crippen molar-refractivity contribution in [2.45, 2.75) is 37.0 Å². The molecule has 1 aliphatic heterocycles. The molecule has 1 heterocycles. The maximum Gasteiger partial charge on any atom is 0.416 e. The first kappa shape index (κ1) is 27.9. The Bertz CT molecular complexity index is 1360. The second-order valence-corrected chi connectivity index (χ2v) is 11.3. The van der Waals surface area contributed by atoms with Crippen molar-refractivity contribution in [1.29, 1.82) is 0 Å². The monoisotopic (exact) mass is 565 g/mol. The lowest BCUT2D eigenvalue weighted by Crippen LogP contribution is -2.41. The molecule has 1 amide bonds. The van der Waals surface area contributed by atoms with Crippen LogP contribution < -0.4 is 9.62 Å². The summed E-state index contributed by atoms with van der Waals surface area (Å²) in [6.45, 7) is 2.38. The number of nitrogens with one attached hydrogen (secondary N) is 1. The summed E-state index contributed by atoms with van der Waals surface area (Å²) in [6, 6.07) is 17.2. The fourth-order valence-electron chi connectivity index (χ4n) is 4.25. The third-order valence-electron chi connectivity index (χ3n) is 6.28. The predicted molar refractivity (Wildman–Crippen MR) is 140 cm³/mol. The lowest BCUT2D eigenvalue weighted by atomic mass is 10.1. The highest BCUT2D eigenvalue weighted by Crippen LogP contribution is 2.37. The van der Waals surface area contributed by atoms with Crippen LogP contribution in [0, 0.1) is 0 Å². The van der Waals surface area contributed by atoms with Gasteiger partial charge in [0.1, 0.15) is 6.54 Å². The van der Waals surface area contributed by atoms with E-state index in [0.717, 1.165) is 42.9 Å². The Balaban J connectivity index is 1.53. The molecule has 1 saturated heterocycles. The summed E-state index contributed by atoms with van der Waals surface area (Å²) >= 11 is 6.16. The van der Waals surface area contributed by atoms with E-state index < -0.39 is 39.9 Å². The number of likely N-dealkylation sites (tertiary alicyclic amines) is 1. The first-order valence-corrected chi connectivity index (χ1v) is 13.9. The molecule has 0 aromatic heterocycles. The van der Waals surface area contributed by atoms with Crippen LogP contribution in [-0.4, -0.2) is 38.9 Å². The maximum absolute atomic E-state index is 13.4. The summed E-state index contributed by atoms with van der Waals surface area (Å²) < 4.78 is 67.7. The molecule has 0 bridgehead atoms. The molecule has 0 aliphatic carbocycles. The van der Waals surface area contributed by atoms with E-state index in [9.17, 15) is 26.4 Å². The van der Waals surface area contributed by atoms with Crippen LogP contribution >= 0.6 is 11.6 Å². The van der Waals surface area contributed by atoms with E-state index in [2.05, 4.69) is 10.2 Å². The van der Waals surface area contributed by atoms with Crippen molar-refractivity contribution in [3.05, 3.63) is 94.5 Å². The zero-order valence-corrected chi connectivity index (χ0v) is 22.0. The smallest absolute Gasteiger partial charge is 0.350 e. The molecule has 0 atom stereocenters. The largest absolute Gasteiger partial charge is 0.416 e. The van der Waals surface area contributed by atoms with E-state index in [1.807, 2.05) is 24.3 Å². The summed E-state index contributed by atoms with van der Waals surface area (Å²) in [7, 11) is -4.42. The lowest BCUT2D eigenvalue weighted by Gasteiger charge is -2.26. The third-order valence-corrected chi connectivity index (χ3v) is 8.37. The Kier molecular flexibility index (Phi) is 8.64. The Labute approximate surface area is 225 Å². The second kappa shape index (κ2) is 11.8. The Hall–Kier alpha value is -3.08. The summed E-state index contributed by atoms with van der Waals surface area (Å²) in [4.78, 5) is 15.1. The van der Waals surface area contributed by atoms with Crippen LogP contribution in [0.1, 0.15) is 29.5 Å². The number of benzene rings is 3. The van der Waals surface area contributed by atoms with Gasteiger partial charge in [-0.3, -0.25) is 14.0 Å². The van der Waals surface area contributed by atoms with E-state index in [1.165, 1.54) is 37.1 Å². The number of carbonyl (C=O) groups is 1. The molecule has 11 heteroatoms. The minimum atomic E-state index is -4.73. The van der Waals surface area contributed by atoms with Gasteiger partial charge in [0.05, 0.1) is 21.2 Å². The molecule has 6 nitrogen and oxygen atoms in total. The van der Waals surface area contributed by atoms with Crippen LogP contribution in [0.4, 0.5) is 18.9 Å². The van der Waals surface area contributed by atoms with Crippen molar-refractivity contribution in [2.24, 2.45) is 0 Å². The number of alkyl halides is 3. The SMILES string of the molecule is O=C(CN(c1cc(C(F)(F)F)ccc1Cl)S(=O)(=O)c1ccccc1)NCc1ccc(CN2CCCC2)cc1. The van der Waals surface area contributed by atoms with Gasteiger partial charge in [0.25, 0.3) is 10.0 Å². The molecule has 1 fully saturated rings. The summed E-state index contributed by atoms with van der Waals surface area (Å²) in [5.74, 6) is -0.695. The summed E-state index contributed by atoms with van der Waals surface area (Å²) in [5, 5.41) is 2.42. The lowest BCUT2D eigenvalue weighted by molar-refractivity contribution is -0.137. The van der Waals surface area contributed by atoms with E-state index in [4.69, 9.17) is 11.6 Å². The van der Waals surface area contributed by atoms with Crippen molar-refractivity contribution in [3.8, 4) is 0 Å². The predicted octanol–water partition coefficient (Wildman–Crippen LogP) is 5.47. The number of anilines is 1. The van der Waals surface area contributed by atoms with Crippen molar-refractivity contribution in [1.82, 2.24) is 10.2 Å². The molecule has 1 aliphatic rings. The minimum absolute atomic E-state index is 0.123. The number of nitrogens with zero attached hydrogens (tertiary/aromatic N) is 2. The van der Waals surface area contributed by atoms with Gasteiger partial charge < -0.3 is 5.32 Å². The Morgan fingerprint density at radius 3 is 2.21 bits per heavy atom. The number of halogens is 4. The highest BCUT2D eigenvalue weighted by atomic mass is 35.5. The van der Waals surface area contributed by atoms with Gasteiger partial charge in [-0.1, -0.05) is 54.1 Å². The standard InChI is InChI=1S/C27H27ClF3N3O3S/c28-24-13-12-22(27(29,30)31)16-25(24)34(38(36,37)23-6-2-1-3-7-23)19-26(35)32-17-20-8-10-21(11-9-20)18-33-14-4-5-15-33/h1-3,6-13,16H,4-5,14-15,17-19H2,(H,32,35). The third kappa shape index (κ3) is 6.86. The highest BCUT2D eigenvalue weighted by molar-refractivity contribution is 7.92. The molecular weight excluding hydrogens is 539 g/mol. The van der Waals surface area contributed by atoms with Gasteiger partial charge in [0.2, 0.25) is 5.91 Å². The van der Waals surface area contributed by atoms with Crippen LogP contribution in [0.15, 0.2) is 77.7 Å². The molecule has 202 valence electrons. The number of hydrogen-bond acceptors (Lipinski definition) is 4. The Morgan fingerprint density at radius 1 is 0.947 bits per heavy atom. The molecule has 0 spiro atoms. The Morgan fingerprint density at radius 2 is 1.58 bits per heavy atom. The molecule has 3 aromatic carbocycles. The van der Waals surface area contributed by atoms with Gasteiger partial charge in [-0.2, -0.15) is 13.2 Å². The van der Waals surface area contributed by atoms with Crippen LogP contribution in [0.25, 0.3) is 0 Å². The normalized spacial score (nSPS) is 14.4. The van der Waals surface area contributed by atoms with Crippen molar-refractivity contribution < 1.29 is 26.4 Å². The van der Waals surface area contributed by atoms with Gasteiger partial charge in [-0.15, -0.1) is 0 Å². The first-order valence-electron chi connectivity index (χ1n) is 12.1. The van der Waals surface area contributed by atoms with Crippen LogP contribution in [0.2, 0.25) is 5.02 Å².